The lowest BCUT2D eigenvalue weighted by Crippen LogP contribution is -2.52. The lowest BCUT2D eigenvalue weighted by Gasteiger charge is -2.21. The highest BCUT2D eigenvalue weighted by atomic mass is 16.5. The van der Waals surface area contributed by atoms with Crippen LogP contribution in [0.5, 0.6) is 5.75 Å². The maximum Gasteiger partial charge on any atom is 0.303 e. The molecule has 0 aliphatic carbocycles. The zero-order valence-corrected chi connectivity index (χ0v) is 18.5. The number of carbonyl (C=O) groups excluding carboxylic acids is 2. The van der Waals surface area contributed by atoms with Gasteiger partial charge in [-0.25, -0.2) is 0 Å². The Morgan fingerprint density at radius 3 is 2.52 bits per heavy atom. The van der Waals surface area contributed by atoms with Crippen molar-refractivity contribution in [3.63, 3.8) is 0 Å². The van der Waals surface area contributed by atoms with Crippen LogP contribution in [0.3, 0.4) is 0 Å². The van der Waals surface area contributed by atoms with Crippen molar-refractivity contribution in [2.75, 3.05) is 18.5 Å². The van der Waals surface area contributed by atoms with E-state index in [1.165, 1.54) is 6.92 Å². The highest BCUT2D eigenvalue weighted by Gasteiger charge is 2.21. The summed E-state index contributed by atoms with van der Waals surface area (Å²) < 4.78 is 5.49. The number of rotatable bonds is 14. The molecule has 2 aromatic rings. The molecule has 0 saturated carbocycles. The molecule has 2 amide bonds. The van der Waals surface area contributed by atoms with Crippen LogP contribution in [0.1, 0.15) is 31.9 Å². The third-order valence-corrected chi connectivity index (χ3v) is 4.42. The van der Waals surface area contributed by atoms with Gasteiger partial charge in [0.1, 0.15) is 5.75 Å². The van der Waals surface area contributed by atoms with Crippen LogP contribution in [0.25, 0.3) is 0 Å². The second kappa shape index (κ2) is 13.7. The highest BCUT2D eigenvalue weighted by molar-refractivity contribution is 5.89. The fourth-order valence-electron chi connectivity index (χ4n) is 2.84. The zero-order chi connectivity index (χ0) is 24.1. The largest absolute Gasteiger partial charge is 0.494 e. The lowest BCUT2D eigenvalue weighted by molar-refractivity contribution is -0.137. The van der Waals surface area contributed by atoms with Crippen LogP contribution in [0, 0.1) is 0 Å². The van der Waals surface area contributed by atoms with Gasteiger partial charge in [-0.1, -0.05) is 6.07 Å². The first-order chi connectivity index (χ1) is 15.8. The van der Waals surface area contributed by atoms with E-state index in [9.17, 15) is 19.5 Å². The van der Waals surface area contributed by atoms with E-state index in [1.54, 1.807) is 30.5 Å². The van der Waals surface area contributed by atoms with Crippen LogP contribution < -0.4 is 20.7 Å². The molecule has 10 nitrogen and oxygen atoms in total. The monoisotopic (exact) mass is 458 g/mol. The Morgan fingerprint density at radius 1 is 1.12 bits per heavy atom. The topological polar surface area (TPSA) is 150 Å². The number of aliphatic hydroxyl groups is 1. The van der Waals surface area contributed by atoms with Crippen LogP contribution in [0.15, 0.2) is 48.7 Å². The predicted octanol–water partition coefficient (Wildman–Crippen LogP) is 1.31. The maximum atomic E-state index is 12.7. The fourth-order valence-corrected chi connectivity index (χ4v) is 2.84. The molecular formula is C23H30N4O6. The standard InChI is InChI=1S/C23H30N4O6/c1-16(28)15-20(29)27-22(23(32)25-13-11-17-5-2-3-12-24-17)26-18-7-9-19(10-8-18)33-14-4-6-21(30)31/h2-3,5,7-10,12,16,22,26,28H,4,6,11,13-15H2,1H3,(H,25,32)(H,27,29)(H,30,31). The molecule has 178 valence electrons. The Labute approximate surface area is 192 Å². The SMILES string of the molecule is CC(O)CC(=O)NC(Nc1ccc(OCCCC(=O)O)cc1)C(=O)NCCc1ccccn1. The number of pyridine rings is 1. The number of aromatic nitrogens is 1. The van der Waals surface area contributed by atoms with E-state index in [4.69, 9.17) is 9.84 Å². The van der Waals surface area contributed by atoms with Gasteiger partial charge in [-0.15, -0.1) is 0 Å². The average Bonchev–Trinajstić information content (AvgIpc) is 2.77. The molecule has 2 unspecified atom stereocenters. The van der Waals surface area contributed by atoms with Crippen molar-refractivity contribution >= 4 is 23.5 Å². The summed E-state index contributed by atoms with van der Waals surface area (Å²) in [6, 6.07) is 12.3. The van der Waals surface area contributed by atoms with E-state index in [2.05, 4.69) is 20.9 Å². The number of nitrogens with zero attached hydrogens (tertiary/aromatic N) is 1. The smallest absolute Gasteiger partial charge is 0.303 e. The average molecular weight is 459 g/mol. The number of anilines is 1. The van der Waals surface area contributed by atoms with Crippen molar-refractivity contribution in [1.29, 1.82) is 0 Å². The third kappa shape index (κ3) is 10.5. The molecule has 5 N–H and O–H groups in total. The van der Waals surface area contributed by atoms with Gasteiger partial charge in [0.15, 0.2) is 6.17 Å². The normalized spacial score (nSPS) is 12.3. The minimum atomic E-state index is -1.05. The molecule has 0 radical (unpaired) electrons. The van der Waals surface area contributed by atoms with Gasteiger partial charge in [0.2, 0.25) is 5.91 Å². The first-order valence-electron chi connectivity index (χ1n) is 10.7. The van der Waals surface area contributed by atoms with Gasteiger partial charge >= 0.3 is 5.97 Å². The molecule has 10 heteroatoms. The highest BCUT2D eigenvalue weighted by Crippen LogP contribution is 2.16. The minimum Gasteiger partial charge on any atom is -0.494 e. The van der Waals surface area contributed by atoms with E-state index < -0.39 is 30.1 Å². The Kier molecular flexibility index (Phi) is 10.6. The Bertz CT molecular complexity index is 890. The van der Waals surface area contributed by atoms with E-state index in [0.717, 1.165) is 5.69 Å². The lowest BCUT2D eigenvalue weighted by atomic mass is 10.2. The molecule has 1 aromatic carbocycles. The molecular weight excluding hydrogens is 428 g/mol. The second-order valence-electron chi connectivity index (χ2n) is 7.43. The van der Waals surface area contributed by atoms with Gasteiger partial charge < -0.3 is 30.9 Å². The van der Waals surface area contributed by atoms with Crippen molar-refractivity contribution in [2.45, 2.75) is 44.9 Å². The summed E-state index contributed by atoms with van der Waals surface area (Å²) in [5.41, 5.74) is 1.40. The van der Waals surface area contributed by atoms with Gasteiger partial charge in [0.25, 0.3) is 5.91 Å². The molecule has 0 aliphatic heterocycles. The van der Waals surface area contributed by atoms with Gasteiger partial charge in [-0.05, 0) is 49.7 Å². The molecule has 33 heavy (non-hydrogen) atoms. The van der Waals surface area contributed by atoms with Crippen molar-refractivity contribution in [1.82, 2.24) is 15.6 Å². The van der Waals surface area contributed by atoms with Crippen molar-refractivity contribution < 1.29 is 29.3 Å². The molecule has 0 bridgehead atoms. The van der Waals surface area contributed by atoms with Gasteiger partial charge in [0, 0.05) is 37.0 Å². The molecule has 0 aliphatic rings. The summed E-state index contributed by atoms with van der Waals surface area (Å²) in [6.45, 7) is 2.10. The van der Waals surface area contributed by atoms with E-state index >= 15 is 0 Å². The molecule has 1 heterocycles. The van der Waals surface area contributed by atoms with E-state index in [-0.39, 0.29) is 19.4 Å². The Hall–Kier alpha value is -3.66. The second-order valence-corrected chi connectivity index (χ2v) is 7.43. The first-order valence-corrected chi connectivity index (χ1v) is 10.7. The van der Waals surface area contributed by atoms with Gasteiger partial charge in [-0.3, -0.25) is 19.4 Å². The van der Waals surface area contributed by atoms with Crippen LogP contribution in [-0.4, -0.2) is 58.4 Å². The number of carbonyl (C=O) groups is 3. The Balaban J connectivity index is 1.93. The molecule has 2 rings (SSSR count). The molecule has 0 saturated heterocycles. The number of aliphatic hydroxyl groups excluding tert-OH is 1. The first kappa shape index (κ1) is 25.6. The summed E-state index contributed by atoms with van der Waals surface area (Å²) in [5, 5.41) is 26.4. The predicted molar refractivity (Wildman–Crippen MR) is 122 cm³/mol. The van der Waals surface area contributed by atoms with Crippen LogP contribution in [0.2, 0.25) is 0 Å². The number of aliphatic carboxylic acids is 1. The molecule has 0 spiro atoms. The number of amides is 2. The fraction of sp³-hybridized carbons (Fsp3) is 0.391. The molecule has 0 fully saturated rings. The summed E-state index contributed by atoms with van der Waals surface area (Å²) in [6.07, 6.45) is 0.612. The third-order valence-electron chi connectivity index (χ3n) is 4.42. The number of carboxylic acids is 1. The minimum absolute atomic E-state index is 0.0307. The number of hydrogen-bond acceptors (Lipinski definition) is 7. The van der Waals surface area contributed by atoms with Crippen molar-refractivity contribution in [2.24, 2.45) is 0 Å². The van der Waals surface area contributed by atoms with Crippen molar-refractivity contribution in [3.8, 4) is 5.75 Å². The van der Waals surface area contributed by atoms with Gasteiger partial charge in [0.05, 0.1) is 19.1 Å². The summed E-state index contributed by atoms with van der Waals surface area (Å²) in [7, 11) is 0. The quantitative estimate of drug-likeness (QED) is 0.210. The summed E-state index contributed by atoms with van der Waals surface area (Å²) in [4.78, 5) is 39.6. The van der Waals surface area contributed by atoms with Crippen LogP contribution in [0.4, 0.5) is 5.69 Å². The number of nitrogens with one attached hydrogen (secondary N) is 3. The van der Waals surface area contributed by atoms with Crippen LogP contribution >= 0.6 is 0 Å². The van der Waals surface area contributed by atoms with E-state index in [1.807, 2.05) is 18.2 Å². The molecule has 2 atom stereocenters. The van der Waals surface area contributed by atoms with E-state index in [0.29, 0.717) is 30.8 Å². The maximum absolute atomic E-state index is 12.7. The van der Waals surface area contributed by atoms with Crippen molar-refractivity contribution in [3.05, 3.63) is 54.4 Å². The van der Waals surface area contributed by atoms with Crippen LogP contribution in [-0.2, 0) is 20.8 Å². The number of benzene rings is 1. The molecule has 1 aromatic heterocycles. The summed E-state index contributed by atoms with van der Waals surface area (Å²) >= 11 is 0. The Morgan fingerprint density at radius 2 is 1.88 bits per heavy atom. The number of carboxylic acid groups (broad SMARTS) is 1. The summed E-state index contributed by atoms with van der Waals surface area (Å²) in [5.74, 6) is -1.22. The number of ether oxygens (including phenoxy) is 1. The zero-order valence-electron chi connectivity index (χ0n) is 18.5. The number of hydrogen-bond donors (Lipinski definition) is 5. The van der Waals surface area contributed by atoms with Gasteiger partial charge in [-0.2, -0.15) is 0 Å².